The number of carbonyl (C=O) groups is 2. The van der Waals surface area contributed by atoms with E-state index >= 15 is 0 Å². The summed E-state index contributed by atoms with van der Waals surface area (Å²) in [6.45, 7) is 13.8. The highest BCUT2D eigenvalue weighted by Gasteiger charge is 2.32. The topological polar surface area (TPSA) is 52.6 Å². The first-order chi connectivity index (χ1) is 8.08. The number of carbonyl (C=O) groups excluding carboxylic acids is 2. The van der Waals surface area contributed by atoms with E-state index in [-0.39, 0.29) is 6.61 Å². The standard InChI is InChI=1S/C13H19BrO4/c1-8(2)10(15)17-7-13(5,6)12(14)18-11(16)9(3)4/h12H,1,3,7H2,2,4-6H3. The SMILES string of the molecule is C=C(C)C(=O)OCC(C)(C)C(Br)OC(=O)C(=C)C. The minimum Gasteiger partial charge on any atom is -0.462 e. The van der Waals surface area contributed by atoms with Crippen molar-refractivity contribution in [2.24, 2.45) is 5.41 Å². The van der Waals surface area contributed by atoms with Gasteiger partial charge in [-0.25, -0.2) is 9.59 Å². The molecular formula is C13H19BrO4. The van der Waals surface area contributed by atoms with Crippen molar-refractivity contribution in [3.05, 3.63) is 24.3 Å². The Kier molecular flexibility index (Phi) is 6.32. The van der Waals surface area contributed by atoms with Crippen LogP contribution < -0.4 is 0 Å². The quantitative estimate of drug-likeness (QED) is 0.429. The van der Waals surface area contributed by atoms with Crippen molar-refractivity contribution in [3.8, 4) is 0 Å². The van der Waals surface area contributed by atoms with Crippen LogP contribution in [0.3, 0.4) is 0 Å². The molecule has 0 aromatic carbocycles. The summed E-state index contributed by atoms with van der Waals surface area (Å²) in [7, 11) is 0. The van der Waals surface area contributed by atoms with E-state index in [1.165, 1.54) is 0 Å². The molecule has 0 rings (SSSR count). The summed E-state index contributed by atoms with van der Waals surface area (Å²) in [5.41, 5.74) is 0.0842. The largest absolute Gasteiger partial charge is 0.462 e. The Morgan fingerprint density at radius 2 is 1.61 bits per heavy atom. The summed E-state index contributed by atoms with van der Waals surface area (Å²) in [5, 5.41) is -0.577. The van der Waals surface area contributed by atoms with Gasteiger partial charge >= 0.3 is 11.9 Å². The van der Waals surface area contributed by atoms with Crippen molar-refractivity contribution in [2.45, 2.75) is 32.7 Å². The number of hydrogen-bond acceptors (Lipinski definition) is 4. The third-order valence-electron chi connectivity index (χ3n) is 2.10. The number of alkyl halides is 1. The van der Waals surface area contributed by atoms with Crippen molar-refractivity contribution in [1.29, 1.82) is 0 Å². The molecule has 0 aromatic rings. The Morgan fingerprint density at radius 1 is 1.17 bits per heavy atom. The van der Waals surface area contributed by atoms with Crippen LogP contribution in [0.15, 0.2) is 24.3 Å². The molecular weight excluding hydrogens is 300 g/mol. The van der Waals surface area contributed by atoms with E-state index in [1.807, 2.05) is 13.8 Å². The van der Waals surface area contributed by atoms with Crippen molar-refractivity contribution < 1.29 is 19.1 Å². The van der Waals surface area contributed by atoms with Crippen LogP contribution in [0.1, 0.15) is 27.7 Å². The van der Waals surface area contributed by atoms with Gasteiger partial charge in [0.05, 0.1) is 0 Å². The Labute approximate surface area is 116 Å². The van der Waals surface area contributed by atoms with Gasteiger partial charge in [-0.15, -0.1) is 0 Å². The second-order valence-corrected chi connectivity index (χ2v) is 5.68. The van der Waals surface area contributed by atoms with Gasteiger partial charge in [0.1, 0.15) is 6.61 Å². The highest BCUT2D eigenvalue weighted by Crippen LogP contribution is 2.29. The molecule has 5 heteroatoms. The van der Waals surface area contributed by atoms with Gasteiger partial charge in [-0.1, -0.05) is 27.0 Å². The average Bonchev–Trinajstić information content (AvgIpc) is 2.25. The van der Waals surface area contributed by atoms with E-state index in [2.05, 4.69) is 29.1 Å². The molecule has 102 valence electrons. The summed E-state index contributed by atoms with van der Waals surface area (Å²) >= 11 is 3.26. The zero-order valence-electron chi connectivity index (χ0n) is 11.2. The monoisotopic (exact) mass is 318 g/mol. The van der Waals surface area contributed by atoms with Gasteiger partial charge in [-0.2, -0.15) is 0 Å². The molecule has 0 saturated heterocycles. The van der Waals surface area contributed by atoms with Crippen LogP contribution in [0.5, 0.6) is 0 Å². The maximum atomic E-state index is 11.4. The number of esters is 2. The molecule has 18 heavy (non-hydrogen) atoms. The van der Waals surface area contributed by atoms with Crippen LogP contribution in [-0.4, -0.2) is 23.6 Å². The lowest BCUT2D eigenvalue weighted by molar-refractivity contribution is -0.149. The summed E-state index contributed by atoms with van der Waals surface area (Å²) in [6, 6.07) is 0. The smallest absolute Gasteiger partial charge is 0.334 e. The fourth-order valence-electron chi connectivity index (χ4n) is 0.794. The number of ether oxygens (including phenoxy) is 2. The predicted octanol–water partition coefficient (Wildman–Crippen LogP) is 2.97. The Balaban J connectivity index is 4.44. The van der Waals surface area contributed by atoms with Crippen molar-refractivity contribution in [3.63, 3.8) is 0 Å². The molecule has 0 fully saturated rings. The third kappa shape index (κ3) is 5.49. The van der Waals surface area contributed by atoms with Crippen molar-refractivity contribution in [2.75, 3.05) is 6.61 Å². The summed E-state index contributed by atoms with van der Waals surface area (Å²) < 4.78 is 10.2. The maximum absolute atomic E-state index is 11.4. The second-order valence-electron chi connectivity index (χ2n) is 4.85. The van der Waals surface area contributed by atoms with Crippen LogP contribution in [0.2, 0.25) is 0 Å². The fraction of sp³-hybridized carbons (Fsp3) is 0.538. The van der Waals surface area contributed by atoms with E-state index in [0.717, 1.165) is 0 Å². The van der Waals surface area contributed by atoms with E-state index < -0.39 is 22.4 Å². The van der Waals surface area contributed by atoms with Crippen LogP contribution in [-0.2, 0) is 19.1 Å². The molecule has 0 aliphatic carbocycles. The highest BCUT2D eigenvalue weighted by atomic mass is 79.9. The molecule has 0 spiro atoms. The van der Waals surface area contributed by atoms with Gasteiger partial charge in [0.2, 0.25) is 0 Å². The minimum absolute atomic E-state index is 0.109. The minimum atomic E-state index is -0.577. The molecule has 1 unspecified atom stereocenters. The number of rotatable bonds is 6. The highest BCUT2D eigenvalue weighted by molar-refractivity contribution is 9.09. The summed E-state index contributed by atoms with van der Waals surface area (Å²) in [6.07, 6.45) is 0. The van der Waals surface area contributed by atoms with Gasteiger partial charge in [0.15, 0.2) is 5.01 Å². The molecule has 0 aliphatic heterocycles. The number of halogens is 1. The molecule has 0 saturated carbocycles. The lowest BCUT2D eigenvalue weighted by Crippen LogP contribution is -2.34. The van der Waals surface area contributed by atoms with E-state index in [9.17, 15) is 9.59 Å². The number of hydrogen-bond donors (Lipinski definition) is 0. The molecule has 1 atom stereocenters. The summed E-state index contributed by atoms with van der Waals surface area (Å²) in [4.78, 5) is 22.7. The normalized spacial score (nSPS) is 12.5. The molecule has 4 nitrogen and oxygen atoms in total. The first kappa shape index (κ1) is 16.9. The molecule has 0 aliphatic rings. The molecule has 0 bridgehead atoms. The van der Waals surface area contributed by atoms with Crippen LogP contribution >= 0.6 is 15.9 Å². The second kappa shape index (κ2) is 6.73. The van der Waals surface area contributed by atoms with Gasteiger partial charge in [0, 0.05) is 16.6 Å². The van der Waals surface area contributed by atoms with Crippen LogP contribution in [0, 0.1) is 5.41 Å². The maximum Gasteiger partial charge on any atom is 0.334 e. The van der Waals surface area contributed by atoms with Gasteiger partial charge in [0.25, 0.3) is 0 Å². The molecule has 0 amide bonds. The Hall–Kier alpha value is -1.10. The van der Waals surface area contributed by atoms with E-state index in [1.54, 1.807) is 13.8 Å². The van der Waals surface area contributed by atoms with Gasteiger partial charge in [-0.05, 0) is 29.8 Å². The van der Waals surface area contributed by atoms with Crippen molar-refractivity contribution in [1.82, 2.24) is 0 Å². The molecule has 0 aromatic heterocycles. The lowest BCUT2D eigenvalue weighted by Gasteiger charge is -2.29. The summed E-state index contributed by atoms with van der Waals surface area (Å²) in [5.74, 6) is -0.954. The van der Waals surface area contributed by atoms with Crippen LogP contribution in [0.25, 0.3) is 0 Å². The van der Waals surface area contributed by atoms with Crippen LogP contribution in [0.4, 0.5) is 0 Å². The predicted molar refractivity (Wildman–Crippen MR) is 73.2 cm³/mol. The first-order valence-electron chi connectivity index (χ1n) is 5.41. The lowest BCUT2D eigenvalue weighted by atomic mass is 9.96. The zero-order valence-corrected chi connectivity index (χ0v) is 12.8. The Bertz CT molecular complexity index is 371. The molecule has 0 N–H and O–H groups in total. The molecule has 0 heterocycles. The van der Waals surface area contributed by atoms with Crippen molar-refractivity contribution >= 4 is 27.9 Å². The zero-order chi connectivity index (χ0) is 14.5. The van der Waals surface area contributed by atoms with E-state index in [0.29, 0.717) is 11.1 Å². The fourth-order valence-corrected chi connectivity index (χ4v) is 1.10. The molecule has 0 radical (unpaired) electrons. The average molecular weight is 319 g/mol. The van der Waals surface area contributed by atoms with Gasteiger partial charge < -0.3 is 9.47 Å². The Morgan fingerprint density at radius 3 is 2.00 bits per heavy atom. The van der Waals surface area contributed by atoms with E-state index in [4.69, 9.17) is 9.47 Å². The third-order valence-corrected chi connectivity index (χ3v) is 3.52. The van der Waals surface area contributed by atoms with Gasteiger partial charge in [-0.3, -0.25) is 0 Å². The first-order valence-corrected chi connectivity index (χ1v) is 6.32.